The molecule has 0 radical (unpaired) electrons. The maximum absolute atomic E-state index is 11.7. The highest BCUT2D eigenvalue weighted by Gasteiger charge is 2.27. The van der Waals surface area contributed by atoms with Crippen molar-refractivity contribution in [1.29, 1.82) is 5.26 Å². The quantitative estimate of drug-likeness (QED) is 0.502. The molecule has 0 atom stereocenters. The van der Waals surface area contributed by atoms with Crippen molar-refractivity contribution in [2.75, 3.05) is 11.9 Å². The molecule has 114 valence electrons. The first-order valence-electron chi connectivity index (χ1n) is 6.66. The van der Waals surface area contributed by atoms with E-state index in [0.717, 1.165) is 25.3 Å². The molecule has 0 heterocycles. The van der Waals surface area contributed by atoms with Gasteiger partial charge in [0.05, 0.1) is 22.1 Å². The van der Waals surface area contributed by atoms with Gasteiger partial charge in [-0.1, -0.05) is 6.42 Å². The molecular formula is C14H13N3O5. The van der Waals surface area contributed by atoms with Gasteiger partial charge in [0.15, 0.2) is 6.61 Å². The lowest BCUT2D eigenvalue weighted by molar-refractivity contribution is -0.384. The fourth-order valence-electron chi connectivity index (χ4n) is 1.93. The summed E-state index contributed by atoms with van der Waals surface area (Å²) in [4.78, 5) is 33.2. The summed E-state index contributed by atoms with van der Waals surface area (Å²) in [7, 11) is 0. The van der Waals surface area contributed by atoms with E-state index in [4.69, 9.17) is 10.00 Å². The number of rotatable bonds is 5. The Balaban J connectivity index is 1.94. The normalized spacial score (nSPS) is 13.6. The second-order valence-electron chi connectivity index (χ2n) is 4.88. The van der Waals surface area contributed by atoms with Crippen molar-refractivity contribution in [2.45, 2.75) is 19.3 Å². The van der Waals surface area contributed by atoms with E-state index in [1.807, 2.05) is 0 Å². The molecular weight excluding hydrogens is 290 g/mol. The molecule has 1 fully saturated rings. The minimum absolute atomic E-state index is 0.0344. The van der Waals surface area contributed by atoms with Crippen LogP contribution in [0.1, 0.15) is 24.8 Å². The summed E-state index contributed by atoms with van der Waals surface area (Å²) in [6.45, 7) is -0.447. The molecule has 1 N–H and O–H groups in total. The average Bonchev–Trinajstić information content (AvgIpc) is 2.43. The third-order valence-electron chi connectivity index (χ3n) is 3.39. The Bertz CT molecular complexity index is 661. The molecule has 1 amide bonds. The number of nitrogens with zero attached hydrogens (tertiary/aromatic N) is 2. The van der Waals surface area contributed by atoms with E-state index in [0.29, 0.717) is 0 Å². The van der Waals surface area contributed by atoms with Gasteiger partial charge in [0.1, 0.15) is 6.07 Å². The minimum atomic E-state index is -0.632. The third-order valence-corrected chi connectivity index (χ3v) is 3.39. The number of benzene rings is 1. The van der Waals surface area contributed by atoms with Crippen LogP contribution in [-0.2, 0) is 14.3 Å². The number of carbonyl (C=O) groups excluding carboxylic acids is 2. The smallest absolute Gasteiger partial charge is 0.309 e. The van der Waals surface area contributed by atoms with Crippen molar-refractivity contribution in [3.05, 3.63) is 33.9 Å². The van der Waals surface area contributed by atoms with Crippen molar-refractivity contribution in [1.82, 2.24) is 0 Å². The fourth-order valence-corrected chi connectivity index (χ4v) is 1.93. The molecule has 0 saturated heterocycles. The minimum Gasteiger partial charge on any atom is -0.455 e. The molecule has 22 heavy (non-hydrogen) atoms. The standard InChI is InChI=1S/C14H13N3O5/c15-7-10-6-11(17(20)21)4-5-12(10)16-13(18)8-22-14(19)9-2-1-3-9/h4-6,9H,1-3,8H2,(H,16,18). The van der Waals surface area contributed by atoms with Gasteiger partial charge in [0.2, 0.25) is 0 Å². The number of nitriles is 1. The monoisotopic (exact) mass is 303 g/mol. The highest BCUT2D eigenvalue weighted by atomic mass is 16.6. The zero-order valence-corrected chi connectivity index (χ0v) is 11.6. The molecule has 8 heteroatoms. The zero-order valence-electron chi connectivity index (χ0n) is 11.6. The van der Waals surface area contributed by atoms with Crippen LogP contribution in [0.5, 0.6) is 0 Å². The molecule has 0 unspecified atom stereocenters. The Morgan fingerprint density at radius 2 is 2.18 bits per heavy atom. The molecule has 0 bridgehead atoms. The van der Waals surface area contributed by atoms with Crippen molar-refractivity contribution in [3.63, 3.8) is 0 Å². The van der Waals surface area contributed by atoms with Gasteiger partial charge in [-0.3, -0.25) is 19.7 Å². The van der Waals surface area contributed by atoms with Crippen LogP contribution in [0.15, 0.2) is 18.2 Å². The van der Waals surface area contributed by atoms with Gasteiger partial charge >= 0.3 is 5.97 Å². The predicted octanol–water partition coefficient (Wildman–Crippen LogP) is 1.75. The maximum Gasteiger partial charge on any atom is 0.309 e. The van der Waals surface area contributed by atoms with Crippen molar-refractivity contribution in [3.8, 4) is 6.07 Å². The van der Waals surface area contributed by atoms with E-state index >= 15 is 0 Å². The highest BCUT2D eigenvalue weighted by Crippen LogP contribution is 2.27. The largest absolute Gasteiger partial charge is 0.455 e. The van der Waals surface area contributed by atoms with Crippen LogP contribution < -0.4 is 5.32 Å². The number of hydrogen-bond donors (Lipinski definition) is 1. The van der Waals surface area contributed by atoms with Crippen LogP contribution in [0.4, 0.5) is 11.4 Å². The lowest BCUT2D eigenvalue weighted by atomic mass is 9.86. The molecule has 0 aromatic heterocycles. The highest BCUT2D eigenvalue weighted by molar-refractivity contribution is 5.94. The summed E-state index contributed by atoms with van der Waals surface area (Å²) >= 11 is 0. The van der Waals surface area contributed by atoms with Crippen molar-refractivity contribution in [2.24, 2.45) is 5.92 Å². The predicted molar refractivity (Wildman–Crippen MR) is 74.7 cm³/mol. The Labute approximate surface area is 125 Å². The van der Waals surface area contributed by atoms with Gasteiger partial charge in [-0.15, -0.1) is 0 Å². The number of amides is 1. The second kappa shape index (κ2) is 6.67. The van der Waals surface area contributed by atoms with Gasteiger partial charge in [-0.25, -0.2) is 0 Å². The van der Waals surface area contributed by atoms with Crippen LogP contribution >= 0.6 is 0 Å². The molecule has 0 spiro atoms. The molecule has 1 aromatic carbocycles. The third kappa shape index (κ3) is 3.58. The van der Waals surface area contributed by atoms with E-state index in [1.165, 1.54) is 12.1 Å². The average molecular weight is 303 g/mol. The number of carbonyl (C=O) groups is 2. The SMILES string of the molecule is N#Cc1cc([N+](=O)[O-])ccc1NC(=O)COC(=O)C1CCC1. The van der Waals surface area contributed by atoms with E-state index in [1.54, 1.807) is 6.07 Å². The van der Waals surface area contributed by atoms with E-state index in [2.05, 4.69) is 5.32 Å². The van der Waals surface area contributed by atoms with E-state index in [9.17, 15) is 19.7 Å². The molecule has 1 saturated carbocycles. The van der Waals surface area contributed by atoms with Crippen LogP contribution in [0.25, 0.3) is 0 Å². The summed E-state index contributed by atoms with van der Waals surface area (Å²) in [5, 5.41) is 22.0. The number of ether oxygens (including phenoxy) is 1. The van der Waals surface area contributed by atoms with Crippen LogP contribution in [0.3, 0.4) is 0 Å². The Kier molecular flexibility index (Phi) is 4.68. The first-order chi connectivity index (χ1) is 10.5. The Hall–Kier alpha value is -2.95. The van der Waals surface area contributed by atoms with Crippen molar-refractivity contribution < 1.29 is 19.2 Å². The summed E-state index contributed by atoms with van der Waals surface area (Å²) in [6, 6.07) is 5.28. The van der Waals surface area contributed by atoms with Gasteiger partial charge in [-0.2, -0.15) is 5.26 Å². The summed E-state index contributed by atoms with van der Waals surface area (Å²) < 4.78 is 4.87. The van der Waals surface area contributed by atoms with Crippen molar-refractivity contribution >= 4 is 23.3 Å². The lowest BCUT2D eigenvalue weighted by Crippen LogP contribution is -2.28. The molecule has 1 aromatic rings. The van der Waals surface area contributed by atoms with Gasteiger partial charge < -0.3 is 10.1 Å². The first kappa shape index (κ1) is 15.4. The van der Waals surface area contributed by atoms with Gasteiger partial charge in [-0.05, 0) is 18.9 Å². The van der Waals surface area contributed by atoms with Gasteiger partial charge in [0, 0.05) is 12.1 Å². The number of hydrogen-bond acceptors (Lipinski definition) is 6. The summed E-state index contributed by atoms with van der Waals surface area (Å²) in [5.41, 5.74) is -0.142. The van der Waals surface area contributed by atoms with Crippen LogP contribution in [0.2, 0.25) is 0 Å². The Morgan fingerprint density at radius 1 is 1.45 bits per heavy atom. The molecule has 1 aliphatic rings. The fraction of sp³-hybridized carbons (Fsp3) is 0.357. The molecule has 2 rings (SSSR count). The van der Waals surface area contributed by atoms with E-state index in [-0.39, 0.29) is 22.9 Å². The number of nitro groups is 1. The Morgan fingerprint density at radius 3 is 2.73 bits per heavy atom. The maximum atomic E-state index is 11.7. The number of nitro benzene ring substituents is 1. The number of non-ortho nitro benzene ring substituents is 1. The molecule has 1 aliphatic carbocycles. The van der Waals surface area contributed by atoms with Crippen LogP contribution in [-0.4, -0.2) is 23.4 Å². The number of anilines is 1. The number of nitrogens with one attached hydrogen (secondary N) is 1. The molecule has 8 nitrogen and oxygen atoms in total. The van der Waals surface area contributed by atoms with Gasteiger partial charge in [0.25, 0.3) is 11.6 Å². The topological polar surface area (TPSA) is 122 Å². The van der Waals surface area contributed by atoms with Crippen LogP contribution in [0, 0.1) is 27.4 Å². The lowest BCUT2D eigenvalue weighted by Gasteiger charge is -2.22. The zero-order chi connectivity index (χ0) is 16.1. The summed E-state index contributed by atoms with van der Waals surface area (Å²) in [6.07, 6.45) is 2.54. The van der Waals surface area contributed by atoms with E-state index < -0.39 is 23.4 Å². The second-order valence-corrected chi connectivity index (χ2v) is 4.88. The molecule has 0 aliphatic heterocycles. The summed E-state index contributed by atoms with van der Waals surface area (Å²) in [5.74, 6) is -1.12. The number of esters is 1. The first-order valence-corrected chi connectivity index (χ1v) is 6.66.